The number of hydrogen-bond donors (Lipinski definition) is 0. The Labute approximate surface area is 131 Å². The predicted octanol–water partition coefficient (Wildman–Crippen LogP) is 3.89. The first kappa shape index (κ1) is 15.4. The second kappa shape index (κ2) is 6.67. The molecule has 1 aromatic carbocycles. The Morgan fingerprint density at radius 2 is 2.00 bits per heavy atom. The van der Waals surface area contributed by atoms with Crippen molar-refractivity contribution in [1.82, 2.24) is 4.31 Å². The first-order valence-corrected chi connectivity index (χ1v) is 9.05. The van der Waals surface area contributed by atoms with E-state index in [-0.39, 0.29) is 11.4 Å². The smallest absolute Gasteiger partial charge is 0.207 e. The zero-order valence-electron chi connectivity index (χ0n) is 10.7. The molecule has 2 rings (SSSR count). The molecule has 0 aliphatic rings. The first-order chi connectivity index (χ1) is 9.55. The highest BCUT2D eigenvalue weighted by molar-refractivity contribution is 9.10. The molecule has 0 atom stereocenters. The van der Waals surface area contributed by atoms with E-state index in [2.05, 4.69) is 22.5 Å². The van der Waals surface area contributed by atoms with E-state index in [0.29, 0.717) is 11.0 Å². The maximum absolute atomic E-state index is 12.7. The summed E-state index contributed by atoms with van der Waals surface area (Å²) in [7, 11) is -3.55. The molecule has 0 aliphatic carbocycles. The summed E-state index contributed by atoms with van der Waals surface area (Å²) >= 11 is 4.84. The quantitative estimate of drug-likeness (QED) is 0.722. The van der Waals surface area contributed by atoms with E-state index >= 15 is 0 Å². The van der Waals surface area contributed by atoms with Gasteiger partial charge in [0.15, 0.2) is 0 Å². The number of rotatable bonds is 6. The van der Waals surface area contributed by atoms with Crippen LogP contribution >= 0.6 is 27.3 Å². The van der Waals surface area contributed by atoms with Crippen molar-refractivity contribution < 1.29 is 8.42 Å². The molecule has 2 aromatic rings. The molecule has 0 fully saturated rings. The third-order valence-corrected chi connectivity index (χ3v) is 6.38. The Balaban J connectivity index is 2.37. The average Bonchev–Trinajstić information content (AvgIpc) is 2.91. The zero-order valence-corrected chi connectivity index (χ0v) is 13.9. The summed E-state index contributed by atoms with van der Waals surface area (Å²) in [6.45, 7) is 4.28. The van der Waals surface area contributed by atoms with Crippen molar-refractivity contribution in [3.05, 3.63) is 63.8 Å². The highest BCUT2D eigenvalue weighted by Gasteiger charge is 2.25. The van der Waals surface area contributed by atoms with Gasteiger partial charge in [0, 0.05) is 22.4 Å². The summed E-state index contributed by atoms with van der Waals surface area (Å²) in [5.74, 6) is 0. The van der Waals surface area contributed by atoms with Gasteiger partial charge >= 0.3 is 0 Å². The molecule has 0 saturated carbocycles. The molecule has 3 nitrogen and oxygen atoms in total. The topological polar surface area (TPSA) is 37.4 Å². The van der Waals surface area contributed by atoms with Crippen molar-refractivity contribution >= 4 is 37.3 Å². The van der Waals surface area contributed by atoms with Gasteiger partial charge in [0.2, 0.25) is 10.0 Å². The van der Waals surface area contributed by atoms with Gasteiger partial charge in [0.1, 0.15) is 0 Å². The molecule has 1 aromatic heterocycles. The van der Waals surface area contributed by atoms with Crippen LogP contribution in [0.15, 0.2) is 63.8 Å². The zero-order chi connectivity index (χ0) is 14.6. The highest BCUT2D eigenvalue weighted by atomic mass is 79.9. The molecule has 20 heavy (non-hydrogen) atoms. The minimum atomic E-state index is -3.55. The van der Waals surface area contributed by atoms with Crippen LogP contribution in [0.25, 0.3) is 0 Å². The van der Waals surface area contributed by atoms with Crippen molar-refractivity contribution in [3.63, 3.8) is 0 Å². The van der Waals surface area contributed by atoms with Gasteiger partial charge in [-0.3, -0.25) is 0 Å². The molecular formula is C14H14BrNO2S2. The number of benzene rings is 1. The number of sulfonamides is 1. The molecule has 0 radical (unpaired) electrons. The van der Waals surface area contributed by atoms with Crippen molar-refractivity contribution in [2.24, 2.45) is 0 Å². The van der Waals surface area contributed by atoms with Crippen LogP contribution in [0.2, 0.25) is 0 Å². The lowest BCUT2D eigenvalue weighted by atomic mass is 10.4. The second-order valence-corrected chi connectivity index (χ2v) is 7.89. The lowest BCUT2D eigenvalue weighted by Crippen LogP contribution is -2.30. The SMILES string of the molecule is C=CCN(Cc1cccs1)S(=O)(=O)c1ccccc1Br. The molecule has 0 saturated heterocycles. The maximum Gasteiger partial charge on any atom is 0.244 e. The Morgan fingerprint density at radius 3 is 2.60 bits per heavy atom. The third-order valence-electron chi connectivity index (χ3n) is 2.70. The number of hydrogen-bond acceptors (Lipinski definition) is 3. The fraction of sp³-hybridized carbons (Fsp3) is 0.143. The molecule has 0 N–H and O–H groups in total. The summed E-state index contributed by atoms with van der Waals surface area (Å²) in [5, 5.41) is 1.94. The van der Waals surface area contributed by atoms with E-state index in [9.17, 15) is 8.42 Å². The maximum atomic E-state index is 12.7. The van der Waals surface area contributed by atoms with Crippen molar-refractivity contribution in [1.29, 1.82) is 0 Å². The van der Waals surface area contributed by atoms with Crippen molar-refractivity contribution in [2.75, 3.05) is 6.54 Å². The summed E-state index contributed by atoms with van der Waals surface area (Å²) in [4.78, 5) is 1.28. The van der Waals surface area contributed by atoms with Gasteiger partial charge in [0.25, 0.3) is 0 Å². The minimum absolute atomic E-state index is 0.276. The molecule has 0 bridgehead atoms. The van der Waals surface area contributed by atoms with Gasteiger partial charge in [-0.2, -0.15) is 4.31 Å². The molecule has 0 amide bonds. The van der Waals surface area contributed by atoms with E-state index in [1.54, 1.807) is 41.7 Å². The molecule has 6 heteroatoms. The molecule has 1 heterocycles. The van der Waals surface area contributed by atoms with Gasteiger partial charge < -0.3 is 0 Å². The average molecular weight is 372 g/mol. The predicted molar refractivity (Wildman–Crippen MR) is 86.3 cm³/mol. The standard InChI is InChI=1S/C14H14BrNO2S2/c1-2-9-16(11-12-6-5-10-19-12)20(17,18)14-8-4-3-7-13(14)15/h2-8,10H,1,9,11H2. The number of thiophene rings is 1. The van der Waals surface area contributed by atoms with Crippen LogP contribution in [-0.2, 0) is 16.6 Å². The Morgan fingerprint density at radius 1 is 1.25 bits per heavy atom. The lowest BCUT2D eigenvalue weighted by Gasteiger charge is -2.20. The summed E-state index contributed by atoms with van der Waals surface area (Å²) in [6.07, 6.45) is 1.60. The van der Waals surface area contributed by atoms with E-state index in [4.69, 9.17) is 0 Å². The Hall–Kier alpha value is -0.950. The van der Waals surface area contributed by atoms with E-state index < -0.39 is 10.0 Å². The summed E-state index contributed by atoms with van der Waals surface area (Å²) < 4.78 is 27.4. The number of halogens is 1. The Kier molecular flexibility index (Phi) is 5.15. The van der Waals surface area contributed by atoms with Crippen LogP contribution < -0.4 is 0 Å². The van der Waals surface area contributed by atoms with Gasteiger partial charge in [-0.15, -0.1) is 17.9 Å². The largest absolute Gasteiger partial charge is 0.244 e. The van der Waals surface area contributed by atoms with E-state index in [0.717, 1.165) is 4.88 Å². The fourth-order valence-electron chi connectivity index (χ4n) is 1.76. The van der Waals surface area contributed by atoms with E-state index in [1.165, 1.54) is 4.31 Å². The van der Waals surface area contributed by atoms with Gasteiger partial charge in [-0.05, 0) is 39.5 Å². The monoisotopic (exact) mass is 371 g/mol. The van der Waals surface area contributed by atoms with Crippen LogP contribution in [0.3, 0.4) is 0 Å². The lowest BCUT2D eigenvalue weighted by molar-refractivity contribution is 0.441. The molecule has 0 aliphatic heterocycles. The van der Waals surface area contributed by atoms with Crippen LogP contribution in [0.5, 0.6) is 0 Å². The summed E-state index contributed by atoms with van der Waals surface area (Å²) in [6, 6.07) is 10.7. The normalized spacial score (nSPS) is 11.7. The van der Waals surface area contributed by atoms with Gasteiger partial charge in [-0.1, -0.05) is 24.3 Å². The highest BCUT2D eigenvalue weighted by Crippen LogP contribution is 2.26. The molecule has 106 valence electrons. The van der Waals surface area contributed by atoms with Crippen LogP contribution in [0.1, 0.15) is 4.88 Å². The van der Waals surface area contributed by atoms with Crippen molar-refractivity contribution in [3.8, 4) is 0 Å². The Bertz CT molecular complexity index is 681. The second-order valence-electron chi connectivity index (χ2n) is 4.10. The summed E-state index contributed by atoms with van der Waals surface area (Å²) in [5.41, 5.74) is 0. The van der Waals surface area contributed by atoms with Crippen LogP contribution in [0.4, 0.5) is 0 Å². The molecule has 0 spiro atoms. The minimum Gasteiger partial charge on any atom is -0.207 e. The van der Waals surface area contributed by atoms with Crippen molar-refractivity contribution in [2.45, 2.75) is 11.4 Å². The number of nitrogens with zero attached hydrogens (tertiary/aromatic N) is 1. The van der Waals surface area contributed by atoms with Gasteiger partial charge in [-0.25, -0.2) is 8.42 Å². The molecular weight excluding hydrogens is 358 g/mol. The first-order valence-electron chi connectivity index (χ1n) is 5.93. The van der Waals surface area contributed by atoms with Crippen LogP contribution in [-0.4, -0.2) is 19.3 Å². The third kappa shape index (κ3) is 3.38. The van der Waals surface area contributed by atoms with Crippen LogP contribution in [0, 0.1) is 0 Å². The van der Waals surface area contributed by atoms with Gasteiger partial charge in [0.05, 0.1) is 4.90 Å². The van der Waals surface area contributed by atoms with E-state index in [1.807, 2.05) is 17.5 Å². The molecule has 0 unspecified atom stereocenters. The fourth-order valence-corrected chi connectivity index (χ4v) is 4.91.